The Morgan fingerprint density at radius 1 is 1.45 bits per heavy atom. The first-order valence-corrected chi connectivity index (χ1v) is 7.46. The lowest BCUT2D eigenvalue weighted by Gasteiger charge is -2.32. The van der Waals surface area contributed by atoms with Gasteiger partial charge >= 0.3 is 0 Å². The molecule has 6 nitrogen and oxygen atoms in total. The number of thiazole rings is 1. The van der Waals surface area contributed by atoms with Gasteiger partial charge in [0.15, 0.2) is 5.13 Å². The largest absolute Gasteiger partial charge is 0.375 e. The fourth-order valence-corrected chi connectivity index (χ4v) is 3.48. The second-order valence-corrected chi connectivity index (χ2v) is 6.29. The number of anilines is 2. The summed E-state index contributed by atoms with van der Waals surface area (Å²) in [6.45, 7) is 4.18. The third-order valence-electron chi connectivity index (χ3n) is 3.84. The molecule has 0 atom stereocenters. The zero-order valence-corrected chi connectivity index (χ0v) is 12.0. The zero-order valence-electron chi connectivity index (χ0n) is 11.2. The van der Waals surface area contributed by atoms with Crippen LogP contribution in [0.15, 0.2) is 12.1 Å². The molecule has 0 saturated carbocycles. The van der Waals surface area contributed by atoms with Gasteiger partial charge in [0.25, 0.3) is 5.69 Å². The van der Waals surface area contributed by atoms with Crippen molar-refractivity contribution in [2.75, 3.05) is 23.7 Å². The van der Waals surface area contributed by atoms with Crippen LogP contribution in [0.2, 0.25) is 0 Å². The van der Waals surface area contributed by atoms with E-state index in [0.29, 0.717) is 15.3 Å². The monoisotopic (exact) mass is 292 g/mol. The first-order chi connectivity index (χ1) is 9.56. The minimum Gasteiger partial charge on any atom is -0.375 e. The Hall–Kier alpha value is -1.89. The Morgan fingerprint density at radius 3 is 2.80 bits per heavy atom. The van der Waals surface area contributed by atoms with Gasteiger partial charge in [-0.15, -0.1) is 0 Å². The number of nitro benzene ring substituents is 1. The van der Waals surface area contributed by atoms with Crippen molar-refractivity contribution in [1.29, 1.82) is 0 Å². The molecule has 0 aliphatic carbocycles. The highest BCUT2D eigenvalue weighted by molar-refractivity contribution is 7.22. The van der Waals surface area contributed by atoms with Gasteiger partial charge in [-0.25, -0.2) is 4.98 Å². The van der Waals surface area contributed by atoms with Crippen molar-refractivity contribution >= 4 is 38.1 Å². The molecule has 1 aromatic carbocycles. The van der Waals surface area contributed by atoms with Gasteiger partial charge in [-0.05, 0) is 24.8 Å². The molecule has 3 rings (SSSR count). The van der Waals surface area contributed by atoms with Crippen LogP contribution in [0.25, 0.3) is 10.2 Å². The zero-order chi connectivity index (χ0) is 14.3. The van der Waals surface area contributed by atoms with Crippen molar-refractivity contribution in [3.05, 3.63) is 22.2 Å². The quantitative estimate of drug-likeness (QED) is 0.679. The molecule has 0 spiro atoms. The molecule has 2 heterocycles. The number of hydrogen-bond acceptors (Lipinski definition) is 6. The van der Waals surface area contributed by atoms with Crippen molar-refractivity contribution in [2.24, 2.45) is 5.92 Å². The number of hydrogen-bond donors (Lipinski definition) is 1. The maximum Gasteiger partial charge on any atom is 0.288 e. The lowest BCUT2D eigenvalue weighted by atomic mass is 9.98. The molecule has 1 fully saturated rings. The van der Waals surface area contributed by atoms with Gasteiger partial charge in [0.1, 0.15) is 10.2 Å². The third-order valence-corrected chi connectivity index (χ3v) is 4.75. The highest BCUT2D eigenvalue weighted by atomic mass is 32.1. The molecule has 0 unspecified atom stereocenters. The Labute approximate surface area is 120 Å². The lowest BCUT2D eigenvalue weighted by molar-refractivity contribution is -0.382. The summed E-state index contributed by atoms with van der Waals surface area (Å²) in [6.07, 6.45) is 2.27. The normalized spacial score (nSPS) is 16.8. The van der Waals surface area contributed by atoms with E-state index in [-0.39, 0.29) is 10.6 Å². The van der Waals surface area contributed by atoms with Gasteiger partial charge in [-0.1, -0.05) is 18.3 Å². The first-order valence-electron chi connectivity index (χ1n) is 6.64. The lowest BCUT2D eigenvalue weighted by Crippen LogP contribution is -2.32. The molecule has 7 heteroatoms. The van der Waals surface area contributed by atoms with Crippen molar-refractivity contribution in [2.45, 2.75) is 19.8 Å². The van der Waals surface area contributed by atoms with E-state index < -0.39 is 0 Å². The topological polar surface area (TPSA) is 85.3 Å². The Morgan fingerprint density at radius 2 is 2.15 bits per heavy atom. The average molecular weight is 292 g/mol. The fourth-order valence-electron chi connectivity index (χ4n) is 2.64. The van der Waals surface area contributed by atoms with Gasteiger partial charge in [0.2, 0.25) is 0 Å². The van der Waals surface area contributed by atoms with E-state index >= 15 is 0 Å². The van der Waals surface area contributed by atoms with Crippen molar-refractivity contribution in [3.63, 3.8) is 0 Å². The SMILES string of the molecule is CC1CCN(c2ccc([N+](=O)[O-])c3sc(N)nc23)CC1. The van der Waals surface area contributed by atoms with E-state index in [9.17, 15) is 10.1 Å². The average Bonchev–Trinajstić information content (AvgIpc) is 2.79. The highest BCUT2D eigenvalue weighted by Gasteiger charge is 2.23. The van der Waals surface area contributed by atoms with E-state index in [4.69, 9.17) is 5.73 Å². The molecule has 1 aromatic heterocycles. The standard InChI is InChI=1S/C13H16N4O2S/c1-8-4-6-16(7-5-8)9-2-3-10(17(18)19)12-11(9)15-13(14)20-12/h2-3,8H,4-7H2,1H3,(H2,14,15). The molecule has 1 aliphatic heterocycles. The number of non-ortho nitro benzene ring substituents is 1. The fraction of sp³-hybridized carbons (Fsp3) is 0.462. The summed E-state index contributed by atoms with van der Waals surface area (Å²) in [6, 6.07) is 3.36. The molecule has 0 bridgehead atoms. The number of benzene rings is 1. The molecule has 20 heavy (non-hydrogen) atoms. The molecular weight excluding hydrogens is 276 g/mol. The molecular formula is C13H16N4O2S. The van der Waals surface area contributed by atoms with E-state index in [2.05, 4.69) is 16.8 Å². The predicted molar refractivity (Wildman–Crippen MR) is 81.3 cm³/mol. The molecule has 0 radical (unpaired) electrons. The number of aromatic nitrogens is 1. The van der Waals surface area contributed by atoms with Gasteiger partial charge in [0.05, 0.1) is 10.6 Å². The maximum atomic E-state index is 11.1. The molecule has 1 aliphatic rings. The number of rotatable bonds is 2. The number of nitro groups is 1. The summed E-state index contributed by atoms with van der Waals surface area (Å²) < 4.78 is 0.573. The minimum atomic E-state index is -0.373. The second-order valence-electron chi connectivity index (χ2n) is 5.26. The van der Waals surface area contributed by atoms with E-state index in [1.807, 2.05) is 0 Å². The summed E-state index contributed by atoms with van der Waals surface area (Å²) in [5, 5.41) is 11.5. The van der Waals surface area contributed by atoms with Crippen molar-refractivity contribution in [3.8, 4) is 0 Å². The second kappa shape index (κ2) is 4.90. The molecule has 0 amide bonds. The van der Waals surface area contributed by atoms with Crippen LogP contribution >= 0.6 is 11.3 Å². The summed E-state index contributed by atoms with van der Waals surface area (Å²) >= 11 is 1.18. The van der Waals surface area contributed by atoms with Crippen LogP contribution in [0.5, 0.6) is 0 Å². The molecule has 1 saturated heterocycles. The molecule has 106 valence electrons. The van der Waals surface area contributed by atoms with Crippen molar-refractivity contribution < 1.29 is 4.92 Å². The molecule has 2 N–H and O–H groups in total. The van der Waals surface area contributed by atoms with Crippen LogP contribution in [-0.4, -0.2) is 23.0 Å². The predicted octanol–water partition coefficient (Wildman–Crippen LogP) is 3.02. The maximum absolute atomic E-state index is 11.1. The number of piperidine rings is 1. The van der Waals surface area contributed by atoms with Gasteiger partial charge in [0, 0.05) is 19.2 Å². The third kappa shape index (κ3) is 2.18. The summed E-state index contributed by atoms with van der Waals surface area (Å²) in [7, 11) is 0. The van der Waals surface area contributed by atoms with Gasteiger partial charge in [-0.3, -0.25) is 10.1 Å². The van der Waals surface area contributed by atoms with Crippen LogP contribution < -0.4 is 10.6 Å². The summed E-state index contributed by atoms with van der Waals surface area (Å²) in [5.74, 6) is 0.736. The number of nitrogens with two attached hydrogens (primary N) is 1. The van der Waals surface area contributed by atoms with E-state index in [1.54, 1.807) is 12.1 Å². The smallest absolute Gasteiger partial charge is 0.288 e. The number of nitrogens with zero attached hydrogens (tertiary/aromatic N) is 3. The van der Waals surface area contributed by atoms with Crippen LogP contribution in [0.1, 0.15) is 19.8 Å². The number of nitrogen functional groups attached to an aromatic ring is 1. The Balaban J connectivity index is 2.08. The van der Waals surface area contributed by atoms with E-state index in [0.717, 1.165) is 37.5 Å². The van der Waals surface area contributed by atoms with Crippen LogP contribution in [0, 0.1) is 16.0 Å². The van der Waals surface area contributed by atoms with Crippen LogP contribution in [0.4, 0.5) is 16.5 Å². The minimum absolute atomic E-state index is 0.0864. The number of fused-ring (bicyclic) bond motifs is 1. The Kier molecular flexibility index (Phi) is 3.21. The Bertz CT molecular complexity index is 662. The van der Waals surface area contributed by atoms with Crippen molar-refractivity contribution in [1.82, 2.24) is 4.98 Å². The summed E-state index contributed by atoms with van der Waals surface area (Å²) in [4.78, 5) is 17.3. The highest BCUT2D eigenvalue weighted by Crippen LogP contribution is 2.39. The summed E-state index contributed by atoms with van der Waals surface area (Å²) in [5.41, 5.74) is 7.46. The van der Waals surface area contributed by atoms with Crippen LogP contribution in [-0.2, 0) is 0 Å². The van der Waals surface area contributed by atoms with Gasteiger partial charge < -0.3 is 10.6 Å². The van der Waals surface area contributed by atoms with Gasteiger partial charge in [-0.2, -0.15) is 0 Å². The van der Waals surface area contributed by atoms with E-state index in [1.165, 1.54) is 11.3 Å². The van der Waals surface area contributed by atoms with Crippen LogP contribution in [0.3, 0.4) is 0 Å². The first kappa shape index (κ1) is 13.1. The molecule has 2 aromatic rings.